The molecule has 3 atom stereocenters. The Morgan fingerprint density at radius 3 is 2.65 bits per heavy atom. The molecule has 110 valence electrons. The summed E-state index contributed by atoms with van der Waals surface area (Å²) in [5, 5.41) is 3.87. The van der Waals surface area contributed by atoms with Crippen LogP contribution >= 0.6 is 11.6 Å². The van der Waals surface area contributed by atoms with Crippen LogP contribution in [-0.4, -0.2) is 19.1 Å². The van der Waals surface area contributed by atoms with Crippen LogP contribution in [0.15, 0.2) is 12.1 Å². The van der Waals surface area contributed by atoms with Gasteiger partial charge in [-0.15, -0.1) is 0 Å². The lowest BCUT2D eigenvalue weighted by Gasteiger charge is -2.23. The molecule has 1 aliphatic carbocycles. The zero-order valence-electron chi connectivity index (χ0n) is 12.1. The Labute approximate surface area is 124 Å². The van der Waals surface area contributed by atoms with Gasteiger partial charge in [-0.1, -0.05) is 25.4 Å². The fraction of sp³-hybridized carbons (Fsp3) is 0.533. The summed E-state index contributed by atoms with van der Waals surface area (Å²) < 4.78 is 4.81. The van der Waals surface area contributed by atoms with Crippen molar-refractivity contribution in [3.05, 3.63) is 22.7 Å². The molecule has 1 aromatic carbocycles. The molecule has 2 rings (SSSR count). The van der Waals surface area contributed by atoms with Crippen LogP contribution in [-0.2, 0) is 4.74 Å². The lowest BCUT2D eigenvalue weighted by molar-refractivity contribution is 0.0602. The lowest BCUT2D eigenvalue weighted by atomic mass is 9.97. The lowest BCUT2D eigenvalue weighted by Crippen LogP contribution is -2.25. The summed E-state index contributed by atoms with van der Waals surface area (Å²) in [6, 6.07) is 3.57. The number of carbonyl (C=O) groups is 1. The normalized spacial score (nSPS) is 25.5. The van der Waals surface area contributed by atoms with Gasteiger partial charge in [-0.3, -0.25) is 0 Å². The van der Waals surface area contributed by atoms with Crippen molar-refractivity contribution in [1.82, 2.24) is 0 Å². The van der Waals surface area contributed by atoms with Gasteiger partial charge < -0.3 is 15.8 Å². The summed E-state index contributed by atoms with van der Waals surface area (Å²) >= 11 is 6.25. The first-order chi connectivity index (χ1) is 9.43. The Hall–Kier alpha value is -1.42. The van der Waals surface area contributed by atoms with Gasteiger partial charge in [0.2, 0.25) is 0 Å². The molecule has 0 radical (unpaired) electrons. The van der Waals surface area contributed by atoms with E-state index in [0.717, 1.165) is 6.42 Å². The van der Waals surface area contributed by atoms with Crippen molar-refractivity contribution in [2.24, 2.45) is 11.8 Å². The largest absolute Gasteiger partial charge is 0.465 e. The predicted molar refractivity (Wildman–Crippen MR) is 82.2 cm³/mol. The average Bonchev–Trinajstić information content (AvgIpc) is 2.72. The topological polar surface area (TPSA) is 64.3 Å². The predicted octanol–water partition coefficient (Wildman–Crippen LogP) is 3.56. The number of rotatable bonds is 3. The number of nitrogens with two attached hydrogens (primary N) is 1. The van der Waals surface area contributed by atoms with Gasteiger partial charge in [0.05, 0.1) is 23.4 Å². The van der Waals surface area contributed by atoms with Gasteiger partial charge in [-0.2, -0.15) is 0 Å². The molecule has 5 heteroatoms. The molecule has 4 nitrogen and oxygen atoms in total. The van der Waals surface area contributed by atoms with Crippen LogP contribution in [0.4, 0.5) is 11.4 Å². The minimum absolute atomic E-state index is 0.314. The fourth-order valence-corrected chi connectivity index (χ4v) is 3.08. The Kier molecular flexibility index (Phi) is 4.43. The molecule has 0 aromatic heterocycles. The molecule has 1 aliphatic rings. The number of nitrogens with one attached hydrogen (secondary N) is 1. The Bertz CT molecular complexity index is 519. The molecular weight excluding hydrogens is 276 g/mol. The van der Waals surface area contributed by atoms with Gasteiger partial charge in [0.1, 0.15) is 0 Å². The summed E-state index contributed by atoms with van der Waals surface area (Å²) in [7, 11) is 1.35. The number of benzene rings is 1. The van der Waals surface area contributed by atoms with E-state index in [-0.39, 0.29) is 0 Å². The Balaban J connectivity index is 2.33. The van der Waals surface area contributed by atoms with Gasteiger partial charge in [-0.05, 0) is 36.8 Å². The molecule has 1 fully saturated rings. The number of methoxy groups -OCH3 is 1. The van der Waals surface area contributed by atoms with Gasteiger partial charge in [0, 0.05) is 11.7 Å². The van der Waals surface area contributed by atoms with Crippen molar-refractivity contribution < 1.29 is 9.53 Å². The number of hydrogen-bond donors (Lipinski definition) is 2. The summed E-state index contributed by atoms with van der Waals surface area (Å²) in [5.74, 6) is 0.774. The molecule has 1 saturated carbocycles. The van der Waals surface area contributed by atoms with Gasteiger partial charge in [-0.25, -0.2) is 4.79 Å². The van der Waals surface area contributed by atoms with E-state index in [0.29, 0.717) is 39.8 Å². The zero-order chi connectivity index (χ0) is 14.9. The first-order valence-electron chi connectivity index (χ1n) is 6.88. The third kappa shape index (κ3) is 2.85. The highest BCUT2D eigenvalue weighted by Gasteiger charge is 2.31. The molecule has 1 aromatic rings. The van der Waals surface area contributed by atoms with Crippen LogP contribution in [0.1, 0.15) is 37.0 Å². The third-order valence-corrected chi connectivity index (χ3v) is 4.61. The molecule has 0 bridgehead atoms. The van der Waals surface area contributed by atoms with Gasteiger partial charge in [0.15, 0.2) is 0 Å². The molecular formula is C15H21ClN2O2. The van der Waals surface area contributed by atoms with Crippen molar-refractivity contribution >= 4 is 28.9 Å². The van der Waals surface area contributed by atoms with E-state index in [1.54, 1.807) is 12.1 Å². The Morgan fingerprint density at radius 2 is 2.10 bits per heavy atom. The molecule has 3 N–H and O–H groups in total. The zero-order valence-corrected chi connectivity index (χ0v) is 12.8. The highest BCUT2D eigenvalue weighted by atomic mass is 35.5. The van der Waals surface area contributed by atoms with Crippen molar-refractivity contribution in [2.45, 2.75) is 32.7 Å². The second-order valence-corrected chi connectivity index (χ2v) is 5.99. The maximum absolute atomic E-state index is 11.9. The van der Waals surface area contributed by atoms with Crippen LogP contribution in [0.2, 0.25) is 5.02 Å². The van der Waals surface area contributed by atoms with E-state index in [4.69, 9.17) is 22.1 Å². The minimum atomic E-state index is -0.430. The molecule has 0 aliphatic heterocycles. The molecule has 3 unspecified atom stereocenters. The van der Waals surface area contributed by atoms with Crippen molar-refractivity contribution in [1.29, 1.82) is 0 Å². The number of carbonyl (C=O) groups excluding carboxylic acids is 1. The fourth-order valence-electron chi connectivity index (χ4n) is 2.80. The monoisotopic (exact) mass is 296 g/mol. The van der Waals surface area contributed by atoms with Crippen molar-refractivity contribution in [2.75, 3.05) is 18.2 Å². The van der Waals surface area contributed by atoms with Crippen LogP contribution in [0, 0.1) is 11.8 Å². The highest BCUT2D eigenvalue weighted by molar-refractivity contribution is 6.34. The first kappa shape index (κ1) is 15.0. The van der Waals surface area contributed by atoms with Crippen LogP contribution < -0.4 is 11.1 Å². The number of esters is 1. The van der Waals surface area contributed by atoms with Gasteiger partial charge >= 0.3 is 5.97 Å². The van der Waals surface area contributed by atoms with E-state index in [9.17, 15) is 4.79 Å². The third-order valence-electron chi connectivity index (χ3n) is 4.31. The van der Waals surface area contributed by atoms with E-state index >= 15 is 0 Å². The summed E-state index contributed by atoms with van der Waals surface area (Å²) in [5.41, 5.74) is 7.23. The molecule has 0 heterocycles. The average molecular weight is 297 g/mol. The SMILES string of the molecule is COC(=O)c1cc(N)cc(Cl)c1NC1CCC(C)C1C. The maximum Gasteiger partial charge on any atom is 0.340 e. The number of halogens is 1. The molecule has 0 spiro atoms. The summed E-state index contributed by atoms with van der Waals surface area (Å²) in [6.07, 6.45) is 2.25. The Morgan fingerprint density at radius 1 is 1.40 bits per heavy atom. The maximum atomic E-state index is 11.9. The molecule has 0 amide bonds. The standard InChI is InChI=1S/C15H21ClN2O2/c1-8-4-5-13(9(8)2)18-14-11(15(19)20-3)6-10(17)7-12(14)16/h6-9,13,18H,4-5,17H2,1-3H3. The van der Waals surface area contributed by atoms with Crippen LogP contribution in [0.5, 0.6) is 0 Å². The molecule has 0 saturated heterocycles. The minimum Gasteiger partial charge on any atom is -0.465 e. The summed E-state index contributed by atoms with van der Waals surface area (Å²) in [4.78, 5) is 11.9. The van der Waals surface area contributed by atoms with Crippen molar-refractivity contribution in [3.8, 4) is 0 Å². The number of ether oxygens (including phenoxy) is 1. The highest BCUT2D eigenvalue weighted by Crippen LogP contribution is 2.37. The second kappa shape index (κ2) is 5.92. The smallest absolute Gasteiger partial charge is 0.340 e. The van der Waals surface area contributed by atoms with E-state index < -0.39 is 5.97 Å². The van der Waals surface area contributed by atoms with Gasteiger partial charge in [0.25, 0.3) is 0 Å². The first-order valence-corrected chi connectivity index (χ1v) is 7.25. The van der Waals surface area contributed by atoms with E-state index in [1.165, 1.54) is 13.5 Å². The number of nitrogen functional groups attached to an aromatic ring is 1. The second-order valence-electron chi connectivity index (χ2n) is 5.58. The van der Waals surface area contributed by atoms with E-state index in [2.05, 4.69) is 19.2 Å². The van der Waals surface area contributed by atoms with Crippen LogP contribution in [0.25, 0.3) is 0 Å². The molecule has 20 heavy (non-hydrogen) atoms. The number of hydrogen-bond acceptors (Lipinski definition) is 4. The van der Waals surface area contributed by atoms with Crippen LogP contribution in [0.3, 0.4) is 0 Å². The quantitative estimate of drug-likeness (QED) is 0.661. The summed E-state index contributed by atoms with van der Waals surface area (Å²) in [6.45, 7) is 4.47. The number of anilines is 2. The van der Waals surface area contributed by atoms with E-state index in [1.807, 2.05) is 0 Å². The van der Waals surface area contributed by atoms with Crippen molar-refractivity contribution in [3.63, 3.8) is 0 Å².